The van der Waals surface area contributed by atoms with Gasteiger partial charge >= 0.3 is 5.69 Å². The molecule has 32 heavy (non-hydrogen) atoms. The topological polar surface area (TPSA) is 73.1 Å². The molecule has 162 valence electrons. The molecular formula is C24H20FN3O3S. The molecular weight excluding hydrogens is 429 g/mol. The van der Waals surface area contributed by atoms with Gasteiger partial charge in [-0.05, 0) is 66.1 Å². The zero-order valence-corrected chi connectivity index (χ0v) is 18.1. The third-order valence-electron chi connectivity index (χ3n) is 5.92. The zero-order chi connectivity index (χ0) is 22.4. The monoisotopic (exact) mass is 449 g/mol. The van der Waals surface area contributed by atoms with E-state index in [2.05, 4.69) is 11.4 Å². The van der Waals surface area contributed by atoms with E-state index in [0.29, 0.717) is 15.8 Å². The highest BCUT2D eigenvalue weighted by Crippen LogP contribution is 2.30. The number of amides is 1. The summed E-state index contributed by atoms with van der Waals surface area (Å²) < 4.78 is 16.4. The Hall–Kier alpha value is -3.52. The van der Waals surface area contributed by atoms with Gasteiger partial charge in [0.05, 0.1) is 17.2 Å². The summed E-state index contributed by atoms with van der Waals surface area (Å²) in [4.78, 5) is 39.3. The SMILES string of the molecule is Cc1cc(-n2c(=O)c3sccc3n(CC(=O)N[C@@H]3CCc4ccccc43)c2=O)ccc1F. The Balaban J connectivity index is 1.54. The predicted molar refractivity (Wildman–Crippen MR) is 122 cm³/mol. The standard InChI is InChI=1S/C24H20FN3O3S/c1-14-12-16(7-8-18(14)25)28-23(30)22-20(10-11-32-22)27(24(28)31)13-21(29)26-19-9-6-15-4-2-3-5-17(15)19/h2-5,7-8,10-12,19H,6,9,13H2,1H3,(H,26,29)/t19-/m1/s1. The number of halogens is 1. The first-order valence-electron chi connectivity index (χ1n) is 10.3. The molecule has 6 nitrogen and oxygen atoms in total. The molecule has 1 aliphatic carbocycles. The fourth-order valence-electron chi connectivity index (χ4n) is 4.33. The maximum Gasteiger partial charge on any atom is 0.336 e. The second-order valence-corrected chi connectivity index (χ2v) is 8.85. The fourth-order valence-corrected chi connectivity index (χ4v) is 5.15. The van der Waals surface area contributed by atoms with Crippen molar-refractivity contribution in [3.8, 4) is 5.69 Å². The van der Waals surface area contributed by atoms with Gasteiger partial charge in [0.1, 0.15) is 17.1 Å². The Morgan fingerprint density at radius 3 is 2.81 bits per heavy atom. The van der Waals surface area contributed by atoms with Crippen LogP contribution in [0.15, 0.2) is 63.5 Å². The number of benzene rings is 2. The molecule has 1 N–H and O–H groups in total. The van der Waals surface area contributed by atoms with Gasteiger partial charge in [-0.15, -0.1) is 11.3 Å². The Morgan fingerprint density at radius 2 is 2.00 bits per heavy atom. The average Bonchev–Trinajstić information content (AvgIpc) is 3.42. The van der Waals surface area contributed by atoms with Crippen LogP contribution in [0, 0.1) is 12.7 Å². The number of thiophene rings is 1. The lowest BCUT2D eigenvalue weighted by atomic mass is 10.1. The fraction of sp³-hybridized carbons (Fsp3) is 0.208. The number of carbonyl (C=O) groups excluding carboxylic acids is 1. The molecule has 8 heteroatoms. The zero-order valence-electron chi connectivity index (χ0n) is 17.3. The quantitative estimate of drug-likeness (QED) is 0.519. The Kier molecular flexibility index (Phi) is 5.01. The molecule has 0 saturated carbocycles. The van der Waals surface area contributed by atoms with Crippen molar-refractivity contribution >= 4 is 27.5 Å². The van der Waals surface area contributed by atoms with E-state index in [9.17, 15) is 18.8 Å². The minimum Gasteiger partial charge on any atom is -0.348 e. The van der Waals surface area contributed by atoms with Crippen LogP contribution in [0.3, 0.4) is 0 Å². The molecule has 0 fully saturated rings. The van der Waals surface area contributed by atoms with E-state index in [4.69, 9.17) is 0 Å². The van der Waals surface area contributed by atoms with E-state index in [-0.39, 0.29) is 24.2 Å². The third-order valence-corrected chi connectivity index (χ3v) is 6.82. The van der Waals surface area contributed by atoms with Crippen LogP contribution in [0.2, 0.25) is 0 Å². The van der Waals surface area contributed by atoms with Crippen molar-refractivity contribution in [1.82, 2.24) is 14.5 Å². The highest BCUT2D eigenvalue weighted by molar-refractivity contribution is 7.17. The molecule has 0 bridgehead atoms. The second-order valence-electron chi connectivity index (χ2n) is 7.94. The average molecular weight is 450 g/mol. The summed E-state index contributed by atoms with van der Waals surface area (Å²) in [6, 6.07) is 13.6. The number of fused-ring (bicyclic) bond motifs is 2. The van der Waals surface area contributed by atoms with Crippen LogP contribution in [-0.2, 0) is 17.8 Å². The molecule has 2 aromatic heterocycles. The van der Waals surface area contributed by atoms with Crippen LogP contribution >= 0.6 is 11.3 Å². The molecule has 0 radical (unpaired) electrons. The molecule has 1 atom stereocenters. The number of rotatable bonds is 4. The van der Waals surface area contributed by atoms with Crippen LogP contribution in [-0.4, -0.2) is 15.0 Å². The van der Waals surface area contributed by atoms with Crippen LogP contribution in [0.1, 0.15) is 29.2 Å². The molecule has 0 spiro atoms. The third kappa shape index (κ3) is 3.36. The Labute approximate surface area is 186 Å². The summed E-state index contributed by atoms with van der Waals surface area (Å²) in [7, 11) is 0. The number of aryl methyl sites for hydroxylation is 2. The van der Waals surface area contributed by atoms with Gasteiger partial charge in [0, 0.05) is 0 Å². The lowest BCUT2D eigenvalue weighted by molar-refractivity contribution is -0.122. The van der Waals surface area contributed by atoms with Crippen molar-refractivity contribution in [2.24, 2.45) is 0 Å². The molecule has 2 heterocycles. The predicted octanol–water partition coefficient (Wildman–Crippen LogP) is 3.47. The van der Waals surface area contributed by atoms with E-state index in [1.54, 1.807) is 18.4 Å². The van der Waals surface area contributed by atoms with Gasteiger partial charge in [-0.2, -0.15) is 0 Å². The van der Waals surface area contributed by atoms with Crippen LogP contribution in [0.5, 0.6) is 0 Å². The van der Waals surface area contributed by atoms with Crippen LogP contribution < -0.4 is 16.6 Å². The van der Waals surface area contributed by atoms with Gasteiger partial charge in [0.25, 0.3) is 5.56 Å². The molecule has 1 amide bonds. The first-order valence-corrected chi connectivity index (χ1v) is 11.2. The minimum atomic E-state index is -0.631. The van der Waals surface area contributed by atoms with Gasteiger partial charge in [0.15, 0.2) is 0 Å². The Bertz CT molecular complexity index is 1480. The van der Waals surface area contributed by atoms with Crippen LogP contribution in [0.25, 0.3) is 15.9 Å². The first kappa shape index (κ1) is 20.4. The molecule has 5 rings (SSSR count). The van der Waals surface area contributed by atoms with Crippen molar-refractivity contribution in [1.29, 1.82) is 0 Å². The van der Waals surface area contributed by atoms with E-state index in [1.807, 2.05) is 18.2 Å². The van der Waals surface area contributed by atoms with Gasteiger partial charge in [-0.25, -0.2) is 13.8 Å². The normalized spacial score (nSPS) is 15.1. The number of carbonyl (C=O) groups is 1. The maximum atomic E-state index is 13.7. The van der Waals surface area contributed by atoms with Gasteiger partial charge in [0.2, 0.25) is 5.91 Å². The maximum absolute atomic E-state index is 13.7. The van der Waals surface area contributed by atoms with Crippen molar-refractivity contribution in [2.75, 3.05) is 0 Å². The van der Waals surface area contributed by atoms with Gasteiger partial charge in [-0.3, -0.25) is 14.2 Å². The number of hydrogen-bond donors (Lipinski definition) is 1. The Morgan fingerprint density at radius 1 is 1.19 bits per heavy atom. The van der Waals surface area contributed by atoms with Crippen molar-refractivity contribution in [3.05, 3.63) is 97.3 Å². The molecule has 0 saturated heterocycles. The van der Waals surface area contributed by atoms with Crippen molar-refractivity contribution in [2.45, 2.75) is 32.4 Å². The molecule has 0 unspecified atom stereocenters. The smallest absolute Gasteiger partial charge is 0.336 e. The molecule has 4 aromatic rings. The minimum absolute atomic E-state index is 0.0991. The van der Waals surface area contributed by atoms with Gasteiger partial charge < -0.3 is 5.32 Å². The highest BCUT2D eigenvalue weighted by atomic mass is 32.1. The van der Waals surface area contributed by atoms with E-state index in [0.717, 1.165) is 23.0 Å². The number of nitrogens with one attached hydrogen (secondary N) is 1. The highest BCUT2D eigenvalue weighted by Gasteiger charge is 2.24. The van der Waals surface area contributed by atoms with Gasteiger partial charge in [-0.1, -0.05) is 24.3 Å². The molecule has 2 aromatic carbocycles. The van der Waals surface area contributed by atoms with Crippen molar-refractivity contribution in [3.63, 3.8) is 0 Å². The number of nitrogens with zero attached hydrogens (tertiary/aromatic N) is 2. The molecule has 0 aliphatic heterocycles. The van der Waals surface area contributed by atoms with Crippen molar-refractivity contribution < 1.29 is 9.18 Å². The first-order chi connectivity index (χ1) is 15.4. The van der Waals surface area contributed by atoms with E-state index < -0.39 is 17.1 Å². The summed E-state index contributed by atoms with van der Waals surface area (Å²) in [5.74, 6) is -0.725. The second kappa shape index (κ2) is 7.87. The summed E-state index contributed by atoms with van der Waals surface area (Å²) >= 11 is 1.20. The van der Waals surface area contributed by atoms with E-state index in [1.165, 1.54) is 39.7 Å². The number of hydrogen-bond acceptors (Lipinski definition) is 4. The summed E-state index contributed by atoms with van der Waals surface area (Å²) in [6.07, 6.45) is 1.70. The number of aromatic nitrogens is 2. The summed E-state index contributed by atoms with van der Waals surface area (Å²) in [5.41, 5.74) is 2.22. The largest absolute Gasteiger partial charge is 0.348 e. The van der Waals surface area contributed by atoms with Crippen LogP contribution in [0.4, 0.5) is 4.39 Å². The van der Waals surface area contributed by atoms with E-state index >= 15 is 0 Å². The summed E-state index contributed by atoms with van der Waals surface area (Å²) in [6.45, 7) is 1.35. The molecule has 1 aliphatic rings. The summed E-state index contributed by atoms with van der Waals surface area (Å²) in [5, 5.41) is 4.74. The lowest BCUT2D eigenvalue weighted by Gasteiger charge is -2.16. The lowest BCUT2D eigenvalue weighted by Crippen LogP contribution is -2.41.